The Morgan fingerprint density at radius 2 is 1.04 bits per heavy atom. The van der Waals surface area contributed by atoms with Gasteiger partial charge in [0.25, 0.3) is 0 Å². The van der Waals surface area contributed by atoms with Crippen molar-refractivity contribution in [3.05, 3.63) is 222 Å². The molecule has 51 heavy (non-hydrogen) atoms. The first-order valence-electron chi connectivity index (χ1n) is 17.9. The molecule has 0 bridgehead atoms. The number of fused-ring (bicyclic) bond motifs is 3. The topological polar surface area (TPSA) is 6.48 Å². The Balaban J connectivity index is 1.24. The van der Waals surface area contributed by atoms with Crippen LogP contribution in [0.1, 0.15) is 24.3 Å². The van der Waals surface area contributed by atoms with E-state index in [1.54, 1.807) is 0 Å². The van der Waals surface area contributed by atoms with Gasteiger partial charge in [0.1, 0.15) is 0 Å². The Kier molecular flexibility index (Phi) is 8.27. The fourth-order valence-corrected chi connectivity index (χ4v) is 12.0. The van der Waals surface area contributed by atoms with Crippen molar-refractivity contribution in [2.45, 2.75) is 39.5 Å². The molecule has 3 aliphatic rings. The van der Waals surface area contributed by atoms with Gasteiger partial charge in [0.2, 0.25) is 0 Å². The molecule has 0 N–H and O–H groups in total. The number of nitrogens with zero attached hydrogens (tertiary/aromatic N) is 2. The van der Waals surface area contributed by atoms with E-state index in [1.165, 1.54) is 36.5 Å². The van der Waals surface area contributed by atoms with Gasteiger partial charge in [0, 0.05) is 54.0 Å². The third-order valence-electron chi connectivity index (χ3n) is 10.3. The van der Waals surface area contributed by atoms with Crippen LogP contribution in [-0.2, 0) is 0 Å². The van der Waals surface area contributed by atoms with Crippen molar-refractivity contribution >= 4 is 32.8 Å². The Morgan fingerprint density at radius 3 is 1.63 bits per heavy atom. The molecule has 0 fully saturated rings. The first kappa shape index (κ1) is 31.2. The zero-order valence-electron chi connectivity index (χ0n) is 28.5. The largest absolute Gasteiger partial charge is 0.334 e. The van der Waals surface area contributed by atoms with Gasteiger partial charge in [-0.2, -0.15) is 0 Å². The van der Waals surface area contributed by atoms with Crippen molar-refractivity contribution in [3.63, 3.8) is 0 Å². The minimum absolute atomic E-state index is 0.182. The van der Waals surface area contributed by atoms with E-state index in [4.69, 9.17) is 0 Å². The van der Waals surface area contributed by atoms with Crippen LogP contribution in [0.25, 0.3) is 0 Å². The summed E-state index contributed by atoms with van der Waals surface area (Å²) < 4.78 is 0. The smallest absolute Gasteiger partial charge is 0.0639 e. The average Bonchev–Trinajstić information content (AvgIpc) is 3.55. The Labute approximate surface area is 303 Å². The molecular formula is C48H40N2S. The normalized spacial score (nSPS) is 18.0. The molecule has 3 heteroatoms. The quantitative estimate of drug-likeness (QED) is 0.158. The summed E-state index contributed by atoms with van der Waals surface area (Å²) in [6, 6.07) is 62.3. The molecule has 2 atom stereocenters. The maximum atomic E-state index is 2.61. The highest BCUT2D eigenvalue weighted by Crippen LogP contribution is 2.74. The van der Waals surface area contributed by atoms with Gasteiger partial charge in [-0.1, -0.05) is 115 Å². The van der Waals surface area contributed by atoms with Gasteiger partial charge in [0.15, 0.2) is 0 Å². The first-order valence-corrected chi connectivity index (χ1v) is 19.5. The molecule has 6 aromatic carbocycles. The summed E-state index contributed by atoms with van der Waals surface area (Å²) in [6.07, 6.45) is 16.8. The molecule has 0 radical (unpaired) electrons. The predicted molar refractivity (Wildman–Crippen MR) is 216 cm³/mol. The zero-order chi connectivity index (χ0) is 34.0. The van der Waals surface area contributed by atoms with Crippen LogP contribution in [0.3, 0.4) is 0 Å². The van der Waals surface area contributed by atoms with E-state index in [9.17, 15) is 0 Å². The van der Waals surface area contributed by atoms with Gasteiger partial charge in [-0.3, -0.25) is 0 Å². The molecule has 2 unspecified atom stereocenters. The maximum Gasteiger partial charge on any atom is 0.0639 e. The van der Waals surface area contributed by atoms with E-state index in [-0.39, 0.29) is 12.0 Å². The average molecular weight is 677 g/mol. The predicted octanol–water partition coefficient (Wildman–Crippen LogP) is 13.1. The van der Waals surface area contributed by atoms with E-state index in [2.05, 4.69) is 216 Å². The number of para-hydroxylation sites is 3. The molecule has 2 aliphatic carbocycles. The Morgan fingerprint density at radius 1 is 0.510 bits per heavy atom. The molecule has 248 valence electrons. The van der Waals surface area contributed by atoms with Crippen molar-refractivity contribution in [1.29, 1.82) is 0 Å². The van der Waals surface area contributed by atoms with E-state index in [0.29, 0.717) is 0 Å². The van der Waals surface area contributed by atoms with E-state index in [1.807, 2.05) is 0 Å². The third kappa shape index (κ3) is 5.46. The molecule has 1 aliphatic heterocycles. The fourth-order valence-electron chi connectivity index (χ4n) is 8.07. The van der Waals surface area contributed by atoms with E-state index >= 15 is 0 Å². The van der Waals surface area contributed by atoms with Gasteiger partial charge in [0.05, 0.1) is 6.04 Å². The molecule has 0 aromatic heterocycles. The number of allylic oxidation sites excluding steroid dienone is 4. The molecule has 6 aromatic rings. The lowest BCUT2D eigenvalue weighted by Gasteiger charge is -2.45. The van der Waals surface area contributed by atoms with E-state index < -0.39 is 10.0 Å². The molecule has 0 saturated heterocycles. The third-order valence-corrected chi connectivity index (χ3v) is 14.2. The molecule has 0 spiro atoms. The van der Waals surface area contributed by atoms with E-state index in [0.717, 1.165) is 29.9 Å². The van der Waals surface area contributed by atoms with Crippen LogP contribution < -0.4 is 9.80 Å². The second-order valence-electron chi connectivity index (χ2n) is 13.2. The van der Waals surface area contributed by atoms with Gasteiger partial charge in [-0.15, -0.1) is 10.0 Å². The van der Waals surface area contributed by atoms with Crippen LogP contribution in [-0.4, -0.2) is 6.04 Å². The van der Waals surface area contributed by atoms with Crippen molar-refractivity contribution in [2.75, 3.05) is 9.80 Å². The van der Waals surface area contributed by atoms with Crippen LogP contribution >= 0.6 is 10.0 Å². The molecule has 0 saturated carbocycles. The lowest BCUT2D eigenvalue weighted by molar-refractivity contribution is 0.723. The van der Waals surface area contributed by atoms with Crippen LogP contribution in [0.4, 0.5) is 22.7 Å². The van der Waals surface area contributed by atoms with Crippen LogP contribution in [0.15, 0.2) is 232 Å². The Bertz CT molecular complexity index is 2180. The summed E-state index contributed by atoms with van der Waals surface area (Å²) in [6.45, 7) is 0. The minimum atomic E-state index is -1.89. The number of anilines is 4. The summed E-state index contributed by atoms with van der Waals surface area (Å²) in [4.78, 5) is 10.3. The minimum Gasteiger partial charge on any atom is -0.334 e. The highest BCUT2D eigenvalue weighted by Gasteiger charge is 2.42. The Hall–Kier alpha value is -5.77. The number of hydrogen-bond acceptors (Lipinski definition) is 2. The summed E-state index contributed by atoms with van der Waals surface area (Å²) in [5.74, 6) is 0.289. The lowest BCUT2D eigenvalue weighted by atomic mass is 9.91. The van der Waals surface area contributed by atoms with Crippen LogP contribution in [0.2, 0.25) is 0 Å². The maximum absolute atomic E-state index is 2.61. The molecule has 1 heterocycles. The number of rotatable bonds is 8. The van der Waals surface area contributed by atoms with Gasteiger partial charge in [-0.05, 0) is 109 Å². The van der Waals surface area contributed by atoms with Crippen molar-refractivity contribution in [3.8, 4) is 0 Å². The van der Waals surface area contributed by atoms with Crippen LogP contribution in [0, 0.1) is 0 Å². The molecule has 2 nitrogen and oxygen atoms in total. The molecular weight excluding hydrogens is 637 g/mol. The van der Waals surface area contributed by atoms with Gasteiger partial charge >= 0.3 is 0 Å². The zero-order valence-corrected chi connectivity index (χ0v) is 29.3. The lowest BCUT2D eigenvalue weighted by Crippen LogP contribution is -2.33. The summed E-state index contributed by atoms with van der Waals surface area (Å²) in [7, 11) is -1.89. The first-order chi connectivity index (χ1) is 25.3. The molecule has 0 amide bonds. The van der Waals surface area contributed by atoms with Crippen molar-refractivity contribution in [2.24, 2.45) is 0 Å². The number of benzene rings is 6. The van der Waals surface area contributed by atoms with Crippen molar-refractivity contribution in [1.82, 2.24) is 0 Å². The SMILES string of the molecule is C1=CC(N2c3ccccc3C3C=CC(S(c4ccccc4)(c4ccccc4)c4ccc(N(c5ccccc5)c5ccccc5)cc4)=CC32)=CCC1. The second kappa shape index (κ2) is 13.5. The molecule has 9 rings (SSSR count). The summed E-state index contributed by atoms with van der Waals surface area (Å²) >= 11 is 0. The second-order valence-corrected chi connectivity index (χ2v) is 16.3. The van der Waals surface area contributed by atoms with Crippen molar-refractivity contribution < 1.29 is 0 Å². The summed E-state index contributed by atoms with van der Waals surface area (Å²) in [5, 5.41) is 0. The van der Waals surface area contributed by atoms with Crippen LogP contribution in [0.5, 0.6) is 0 Å². The monoisotopic (exact) mass is 676 g/mol. The number of hydrogen-bond donors (Lipinski definition) is 0. The fraction of sp³-hybridized carbons (Fsp3) is 0.0833. The standard InChI is InChI=1S/C48H40N2S/c1-6-18-37(19-7-1)49(38-20-8-2-9-21-38)40-30-32-43(33-31-40)51(41-24-12-4-13-25-41,42-26-14-5-15-27-42)44-34-35-46-45-28-16-17-29-47(45)50(48(46)36-44)39-22-10-3-11-23-39/h1-2,4-10,12-36,46,48H,3,11H2. The van der Waals surface area contributed by atoms with Gasteiger partial charge < -0.3 is 9.80 Å². The highest BCUT2D eigenvalue weighted by atomic mass is 32.3. The van der Waals surface area contributed by atoms with Gasteiger partial charge in [-0.25, -0.2) is 0 Å². The highest BCUT2D eigenvalue weighted by molar-refractivity contribution is 8.37. The summed E-state index contributed by atoms with van der Waals surface area (Å²) in [5.41, 5.74) is 7.43.